The molecule has 4 heteroatoms. The zero-order valence-electron chi connectivity index (χ0n) is 5.41. The highest BCUT2D eigenvalue weighted by Gasteiger charge is 2.29. The van der Waals surface area contributed by atoms with Crippen LogP contribution in [0.5, 0.6) is 0 Å². The Morgan fingerprint density at radius 3 is 3.00 bits per heavy atom. The van der Waals surface area contributed by atoms with Gasteiger partial charge in [0, 0.05) is 0 Å². The Labute approximate surface area is 63.3 Å². The molecule has 1 rings (SSSR count). The average Bonchev–Trinajstić information content (AvgIpc) is 2.12. The molecule has 0 aromatic heterocycles. The summed E-state index contributed by atoms with van der Waals surface area (Å²) in [6, 6.07) is 0. The molecule has 1 aliphatic rings. The molecule has 1 heterocycles. The Hall–Kier alpha value is -0.480. The van der Waals surface area contributed by atoms with Gasteiger partial charge in [-0.15, -0.1) is 11.8 Å². The van der Waals surface area contributed by atoms with Gasteiger partial charge in [-0.1, -0.05) is 6.08 Å². The van der Waals surface area contributed by atoms with E-state index in [-0.39, 0.29) is 6.42 Å². The van der Waals surface area contributed by atoms with Crippen LogP contribution in [0.1, 0.15) is 12.8 Å². The van der Waals surface area contributed by atoms with E-state index in [1.165, 1.54) is 11.8 Å². The van der Waals surface area contributed by atoms with Crippen LogP contribution in [-0.2, 0) is 4.79 Å². The van der Waals surface area contributed by atoms with Gasteiger partial charge in [-0.05, 0) is 11.8 Å². The molecule has 0 radical (unpaired) electrons. The maximum absolute atomic E-state index is 10.2. The van der Waals surface area contributed by atoms with Gasteiger partial charge < -0.3 is 10.8 Å². The van der Waals surface area contributed by atoms with E-state index in [0.29, 0.717) is 6.42 Å². The number of hydrogen-bond donors (Lipinski definition) is 2. The fourth-order valence-electron chi connectivity index (χ4n) is 0.849. The van der Waals surface area contributed by atoms with Gasteiger partial charge in [0.15, 0.2) is 0 Å². The predicted octanol–water partition coefficient (Wildman–Crippen LogP) is 0.767. The van der Waals surface area contributed by atoms with Gasteiger partial charge in [-0.25, -0.2) is 0 Å². The first-order valence-corrected chi connectivity index (χ1v) is 3.84. The lowest BCUT2D eigenvalue weighted by Gasteiger charge is -2.19. The minimum Gasteiger partial charge on any atom is -0.481 e. The van der Waals surface area contributed by atoms with Gasteiger partial charge in [0.2, 0.25) is 0 Å². The third-order valence-corrected chi connectivity index (χ3v) is 2.42. The molecule has 1 aliphatic heterocycles. The summed E-state index contributed by atoms with van der Waals surface area (Å²) in [5.41, 5.74) is 5.68. The van der Waals surface area contributed by atoms with Crippen LogP contribution < -0.4 is 5.73 Å². The summed E-state index contributed by atoms with van der Waals surface area (Å²) in [5, 5.41) is 10.3. The summed E-state index contributed by atoms with van der Waals surface area (Å²) in [6.45, 7) is 0. The molecule has 0 aromatic carbocycles. The van der Waals surface area contributed by atoms with Crippen LogP contribution >= 0.6 is 11.8 Å². The monoisotopic (exact) mass is 159 g/mol. The van der Waals surface area contributed by atoms with Crippen LogP contribution in [0.2, 0.25) is 0 Å². The first kappa shape index (κ1) is 7.63. The molecule has 0 aromatic rings. The van der Waals surface area contributed by atoms with Crippen molar-refractivity contribution < 1.29 is 9.90 Å². The standard InChI is InChI=1S/C6H9NO2S/c7-6(4-5(8)9)2-1-3-10-6/h1,3H,2,4,7H2,(H,8,9). The van der Waals surface area contributed by atoms with Crippen molar-refractivity contribution in [3.05, 3.63) is 11.5 Å². The highest BCUT2D eigenvalue weighted by Crippen LogP contribution is 2.34. The van der Waals surface area contributed by atoms with Gasteiger partial charge in [-0.3, -0.25) is 4.79 Å². The van der Waals surface area contributed by atoms with E-state index < -0.39 is 10.8 Å². The summed E-state index contributed by atoms with van der Waals surface area (Å²) in [7, 11) is 0. The fraction of sp³-hybridized carbons (Fsp3) is 0.500. The van der Waals surface area contributed by atoms with E-state index in [1.54, 1.807) is 0 Å². The maximum Gasteiger partial charge on any atom is 0.306 e. The van der Waals surface area contributed by atoms with Crippen LogP contribution in [0, 0.1) is 0 Å². The number of hydrogen-bond acceptors (Lipinski definition) is 3. The zero-order valence-corrected chi connectivity index (χ0v) is 6.23. The molecule has 0 spiro atoms. The van der Waals surface area contributed by atoms with Crippen molar-refractivity contribution in [1.82, 2.24) is 0 Å². The molecule has 10 heavy (non-hydrogen) atoms. The lowest BCUT2D eigenvalue weighted by molar-refractivity contribution is -0.137. The summed E-state index contributed by atoms with van der Waals surface area (Å²) in [4.78, 5) is 9.66. The number of nitrogens with two attached hydrogens (primary N) is 1. The first-order chi connectivity index (χ1) is 4.62. The molecular weight excluding hydrogens is 150 g/mol. The minimum atomic E-state index is -0.835. The van der Waals surface area contributed by atoms with Gasteiger partial charge in [0.1, 0.15) is 0 Å². The molecule has 0 fully saturated rings. The summed E-state index contributed by atoms with van der Waals surface area (Å²) in [6.07, 6.45) is 2.59. The van der Waals surface area contributed by atoms with E-state index in [9.17, 15) is 4.79 Å². The molecule has 1 unspecified atom stereocenters. The molecule has 3 nitrogen and oxygen atoms in total. The lowest BCUT2D eigenvalue weighted by Crippen LogP contribution is -2.35. The van der Waals surface area contributed by atoms with Gasteiger partial charge in [0.25, 0.3) is 0 Å². The number of carboxylic acids is 1. The predicted molar refractivity (Wildman–Crippen MR) is 40.5 cm³/mol. The van der Waals surface area contributed by atoms with Crippen molar-refractivity contribution in [3.63, 3.8) is 0 Å². The quantitative estimate of drug-likeness (QED) is 0.624. The van der Waals surface area contributed by atoms with Crippen molar-refractivity contribution in [1.29, 1.82) is 0 Å². The van der Waals surface area contributed by atoms with Crippen LogP contribution in [0.3, 0.4) is 0 Å². The van der Waals surface area contributed by atoms with Gasteiger partial charge >= 0.3 is 5.97 Å². The first-order valence-electron chi connectivity index (χ1n) is 2.96. The summed E-state index contributed by atoms with van der Waals surface area (Å²) in [5.74, 6) is -0.835. The molecule has 0 aliphatic carbocycles. The number of aliphatic carboxylic acids is 1. The lowest BCUT2D eigenvalue weighted by atomic mass is 10.1. The molecule has 0 bridgehead atoms. The van der Waals surface area contributed by atoms with Crippen molar-refractivity contribution >= 4 is 17.7 Å². The average molecular weight is 159 g/mol. The highest BCUT2D eigenvalue weighted by molar-refractivity contribution is 8.03. The number of rotatable bonds is 2. The van der Waals surface area contributed by atoms with E-state index in [2.05, 4.69) is 0 Å². The maximum atomic E-state index is 10.2. The second-order valence-corrected chi connectivity index (χ2v) is 3.65. The Kier molecular flexibility index (Phi) is 2.01. The van der Waals surface area contributed by atoms with E-state index >= 15 is 0 Å². The van der Waals surface area contributed by atoms with Crippen LogP contribution in [-0.4, -0.2) is 15.9 Å². The topological polar surface area (TPSA) is 63.3 Å². The Morgan fingerprint density at radius 1 is 1.90 bits per heavy atom. The van der Waals surface area contributed by atoms with Crippen LogP contribution in [0.4, 0.5) is 0 Å². The van der Waals surface area contributed by atoms with Gasteiger partial charge in [0.05, 0.1) is 11.3 Å². The number of carbonyl (C=O) groups is 1. The summed E-state index contributed by atoms with van der Waals surface area (Å²) >= 11 is 1.39. The third-order valence-electron chi connectivity index (χ3n) is 1.31. The summed E-state index contributed by atoms with van der Waals surface area (Å²) < 4.78 is 0. The van der Waals surface area contributed by atoms with Crippen molar-refractivity contribution in [2.24, 2.45) is 5.73 Å². The fourth-order valence-corrected chi connectivity index (χ4v) is 1.71. The minimum absolute atomic E-state index is 0.0324. The zero-order chi connectivity index (χ0) is 7.61. The molecule has 1 atom stereocenters. The van der Waals surface area contributed by atoms with Crippen LogP contribution in [0.25, 0.3) is 0 Å². The Morgan fingerprint density at radius 2 is 2.60 bits per heavy atom. The van der Waals surface area contributed by atoms with E-state index in [1.807, 2.05) is 11.5 Å². The molecule has 0 saturated heterocycles. The molecule has 0 amide bonds. The molecule has 3 N–H and O–H groups in total. The van der Waals surface area contributed by atoms with E-state index in [4.69, 9.17) is 10.8 Å². The molecular formula is C6H9NO2S. The van der Waals surface area contributed by atoms with E-state index in [0.717, 1.165) is 0 Å². The third kappa shape index (κ3) is 1.75. The number of thioether (sulfide) groups is 1. The van der Waals surface area contributed by atoms with Crippen molar-refractivity contribution in [3.8, 4) is 0 Å². The molecule has 0 saturated carbocycles. The normalized spacial score (nSPS) is 30.9. The highest BCUT2D eigenvalue weighted by atomic mass is 32.2. The Bertz CT molecular complexity index is 171. The van der Waals surface area contributed by atoms with Crippen molar-refractivity contribution in [2.75, 3.05) is 0 Å². The van der Waals surface area contributed by atoms with Crippen LogP contribution in [0.15, 0.2) is 11.5 Å². The number of carboxylic acid groups (broad SMARTS) is 1. The second kappa shape index (κ2) is 2.64. The molecule has 56 valence electrons. The largest absolute Gasteiger partial charge is 0.481 e. The SMILES string of the molecule is NC1(CC(=O)O)CC=CS1. The second-order valence-electron chi connectivity index (χ2n) is 2.33. The smallest absolute Gasteiger partial charge is 0.306 e. The van der Waals surface area contributed by atoms with Crippen molar-refractivity contribution in [2.45, 2.75) is 17.7 Å². The Balaban J connectivity index is 2.46. The van der Waals surface area contributed by atoms with Gasteiger partial charge in [-0.2, -0.15) is 0 Å².